The molecule has 2 aromatic rings. The van der Waals surface area contributed by atoms with E-state index < -0.39 is 0 Å². The number of hydrogen-bond donors (Lipinski definition) is 1. The van der Waals surface area contributed by atoms with Crippen molar-refractivity contribution in [2.75, 3.05) is 12.8 Å². The van der Waals surface area contributed by atoms with Crippen molar-refractivity contribution in [1.82, 2.24) is 19.9 Å². The van der Waals surface area contributed by atoms with Gasteiger partial charge < -0.3 is 15.2 Å². The van der Waals surface area contributed by atoms with Crippen molar-refractivity contribution in [2.45, 2.75) is 13.0 Å². The van der Waals surface area contributed by atoms with Gasteiger partial charge >= 0.3 is 0 Å². The van der Waals surface area contributed by atoms with Gasteiger partial charge in [-0.15, -0.1) is 0 Å². The van der Waals surface area contributed by atoms with Gasteiger partial charge in [-0.1, -0.05) is 0 Å². The molecule has 18 heavy (non-hydrogen) atoms. The van der Waals surface area contributed by atoms with E-state index in [0.29, 0.717) is 17.5 Å². The second-order valence-electron chi connectivity index (χ2n) is 3.47. The Kier molecular flexibility index (Phi) is 3.52. The second kappa shape index (κ2) is 5.26. The van der Waals surface area contributed by atoms with E-state index >= 15 is 0 Å². The van der Waals surface area contributed by atoms with E-state index in [1.54, 1.807) is 12.3 Å². The van der Waals surface area contributed by atoms with E-state index in [2.05, 4.69) is 19.9 Å². The Hall–Kier alpha value is -2.44. The molecule has 0 unspecified atom stereocenters. The summed E-state index contributed by atoms with van der Waals surface area (Å²) in [6.45, 7) is 1.83. The smallest absolute Gasteiger partial charge is 0.278 e. The zero-order valence-corrected chi connectivity index (χ0v) is 10.1. The Morgan fingerprint density at radius 1 is 1.11 bits per heavy atom. The Balaban J connectivity index is 2.18. The van der Waals surface area contributed by atoms with Crippen molar-refractivity contribution in [3.05, 3.63) is 30.4 Å². The number of aromatic nitrogens is 4. The lowest BCUT2D eigenvalue weighted by atomic mass is 10.3. The van der Waals surface area contributed by atoms with Gasteiger partial charge in [-0.25, -0.2) is 19.9 Å². The number of rotatable bonds is 4. The molecule has 0 aliphatic rings. The summed E-state index contributed by atoms with van der Waals surface area (Å²) in [5.74, 6) is 0.838. The highest BCUT2D eigenvalue weighted by Crippen LogP contribution is 2.25. The number of methoxy groups -OCH3 is 1. The molecule has 0 radical (unpaired) electrons. The number of anilines is 1. The normalized spacial score (nSPS) is 11.9. The molecule has 7 nitrogen and oxygen atoms in total. The van der Waals surface area contributed by atoms with Gasteiger partial charge in [-0.05, 0) is 13.0 Å². The fourth-order valence-electron chi connectivity index (χ4n) is 1.38. The van der Waals surface area contributed by atoms with E-state index in [1.807, 2.05) is 6.92 Å². The third-order valence-corrected chi connectivity index (χ3v) is 2.23. The van der Waals surface area contributed by atoms with Gasteiger partial charge in [0, 0.05) is 18.6 Å². The van der Waals surface area contributed by atoms with Crippen molar-refractivity contribution >= 4 is 5.95 Å². The fourth-order valence-corrected chi connectivity index (χ4v) is 1.38. The van der Waals surface area contributed by atoms with Crippen LogP contribution in [0.2, 0.25) is 0 Å². The Bertz CT molecular complexity index is 534. The van der Waals surface area contributed by atoms with Crippen LogP contribution in [-0.4, -0.2) is 27.0 Å². The highest BCUT2D eigenvalue weighted by atomic mass is 16.5. The maximum Gasteiger partial charge on any atom is 0.278 e. The third kappa shape index (κ3) is 2.62. The monoisotopic (exact) mass is 247 g/mol. The highest BCUT2D eigenvalue weighted by Gasteiger charge is 2.14. The molecule has 0 saturated carbocycles. The molecule has 0 spiro atoms. The Labute approximate surface area is 104 Å². The molecule has 2 N–H and O–H groups in total. The van der Waals surface area contributed by atoms with E-state index in [9.17, 15) is 0 Å². The molecular weight excluding hydrogens is 234 g/mol. The van der Waals surface area contributed by atoms with Crippen molar-refractivity contribution in [3.63, 3.8) is 0 Å². The van der Waals surface area contributed by atoms with Crippen LogP contribution in [0, 0.1) is 0 Å². The summed E-state index contributed by atoms with van der Waals surface area (Å²) < 4.78 is 10.7. The average molecular weight is 247 g/mol. The molecule has 0 fully saturated rings. The van der Waals surface area contributed by atoms with E-state index in [0.717, 1.165) is 0 Å². The van der Waals surface area contributed by atoms with Crippen LogP contribution in [-0.2, 0) is 0 Å². The largest absolute Gasteiger partial charge is 0.477 e. The molecule has 0 aliphatic carbocycles. The molecule has 0 aromatic carbocycles. The summed E-state index contributed by atoms with van der Waals surface area (Å²) in [5.41, 5.74) is 6.18. The molecule has 1 atom stereocenters. The van der Waals surface area contributed by atoms with Crippen LogP contribution in [0.15, 0.2) is 24.7 Å². The molecular formula is C11H13N5O2. The average Bonchev–Trinajstić information content (AvgIpc) is 2.39. The van der Waals surface area contributed by atoms with Crippen molar-refractivity contribution in [1.29, 1.82) is 0 Å². The van der Waals surface area contributed by atoms with Crippen LogP contribution in [0.4, 0.5) is 5.95 Å². The predicted molar refractivity (Wildman–Crippen MR) is 64.1 cm³/mol. The molecule has 2 rings (SSSR count). The van der Waals surface area contributed by atoms with Crippen LogP contribution in [0.3, 0.4) is 0 Å². The van der Waals surface area contributed by atoms with Gasteiger partial charge in [-0.3, -0.25) is 0 Å². The molecule has 94 valence electrons. The quantitative estimate of drug-likeness (QED) is 0.860. The van der Waals surface area contributed by atoms with Gasteiger partial charge in [-0.2, -0.15) is 0 Å². The topological polar surface area (TPSA) is 96.0 Å². The first-order chi connectivity index (χ1) is 8.70. The van der Waals surface area contributed by atoms with Gasteiger partial charge in [0.2, 0.25) is 5.95 Å². The maximum atomic E-state index is 5.63. The summed E-state index contributed by atoms with van der Waals surface area (Å²) in [4.78, 5) is 15.9. The zero-order valence-electron chi connectivity index (χ0n) is 10.1. The van der Waals surface area contributed by atoms with E-state index in [1.165, 1.54) is 19.5 Å². The third-order valence-electron chi connectivity index (χ3n) is 2.23. The molecule has 0 amide bonds. The van der Waals surface area contributed by atoms with Gasteiger partial charge in [0.15, 0.2) is 0 Å². The minimum atomic E-state index is -0.333. The summed E-state index contributed by atoms with van der Waals surface area (Å²) in [7, 11) is 1.50. The fraction of sp³-hybridized carbons (Fsp3) is 0.273. The first-order valence-corrected chi connectivity index (χ1v) is 5.30. The van der Waals surface area contributed by atoms with Crippen LogP contribution < -0.4 is 15.2 Å². The highest BCUT2D eigenvalue weighted by molar-refractivity contribution is 5.25. The summed E-state index contributed by atoms with van der Waals surface area (Å²) in [5, 5.41) is 0. The summed E-state index contributed by atoms with van der Waals surface area (Å²) >= 11 is 0. The van der Waals surface area contributed by atoms with Crippen LogP contribution >= 0.6 is 0 Å². The zero-order chi connectivity index (χ0) is 13.0. The van der Waals surface area contributed by atoms with Gasteiger partial charge in [0.1, 0.15) is 6.10 Å². The minimum absolute atomic E-state index is 0.203. The Morgan fingerprint density at radius 2 is 1.83 bits per heavy atom. The van der Waals surface area contributed by atoms with Gasteiger partial charge in [0.25, 0.3) is 11.8 Å². The lowest BCUT2D eigenvalue weighted by Gasteiger charge is -2.14. The SMILES string of the molecule is COc1nccnc1O[C@H](C)c1ccnc(N)n1. The molecule has 2 aromatic heterocycles. The number of nitrogens with two attached hydrogens (primary N) is 1. The van der Waals surface area contributed by atoms with Crippen LogP contribution in [0.1, 0.15) is 18.7 Å². The van der Waals surface area contributed by atoms with Crippen LogP contribution in [0.25, 0.3) is 0 Å². The summed E-state index contributed by atoms with van der Waals surface area (Å²) in [6, 6.07) is 1.73. The maximum absolute atomic E-state index is 5.63. The minimum Gasteiger partial charge on any atom is -0.477 e. The number of ether oxygens (including phenoxy) is 2. The second-order valence-corrected chi connectivity index (χ2v) is 3.47. The number of nitrogen functional groups attached to an aromatic ring is 1. The predicted octanol–water partition coefficient (Wildman–Crippen LogP) is 0.997. The molecule has 0 saturated heterocycles. The molecule has 0 aliphatic heterocycles. The first-order valence-electron chi connectivity index (χ1n) is 5.30. The number of nitrogens with zero attached hydrogens (tertiary/aromatic N) is 4. The number of hydrogen-bond acceptors (Lipinski definition) is 7. The summed E-state index contributed by atoms with van der Waals surface area (Å²) in [6.07, 6.45) is 4.30. The van der Waals surface area contributed by atoms with Crippen LogP contribution in [0.5, 0.6) is 11.8 Å². The Morgan fingerprint density at radius 3 is 2.50 bits per heavy atom. The molecule has 7 heteroatoms. The lowest BCUT2D eigenvalue weighted by Crippen LogP contribution is -2.09. The van der Waals surface area contributed by atoms with Gasteiger partial charge in [0.05, 0.1) is 12.8 Å². The first kappa shape index (κ1) is 12.0. The lowest BCUT2D eigenvalue weighted by molar-refractivity contribution is 0.199. The van der Waals surface area contributed by atoms with Crippen molar-refractivity contribution < 1.29 is 9.47 Å². The van der Waals surface area contributed by atoms with Crippen molar-refractivity contribution in [2.24, 2.45) is 0 Å². The van der Waals surface area contributed by atoms with E-state index in [4.69, 9.17) is 15.2 Å². The molecule has 2 heterocycles. The standard InChI is InChI=1S/C11H13N5O2/c1-7(8-3-4-15-11(12)16-8)18-10-9(17-2)13-5-6-14-10/h3-7H,1-2H3,(H2,12,15,16)/t7-/m1/s1. The molecule has 0 bridgehead atoms. The van der Waals surface area contributed by atoms with Crippen molar-refractivity contribution in [3.8, 4) is 11.8 Å². The van der Waals surface area contributed by atoms with E-state index in [-0.39, 0.29) is 12.1 Å².